The van der Waals surface area contributed by atoms with Crippen molar-refractivity contribution in [1.29, 1.82) is 0 Å². The third-order valence-corrected chi connectivity index (χ3v) is 6.41. The van der Waals surface area contributed by atoms with Crippen LogP contribution in [0, 0.1) is 0 Å². The van der Waals surface area contributed by atoms with Gasteiger partial charge in [-0.05, 0) is 36.1 Å². The topological polar surface area (TPSA) is 74.8 Å². The van der Waals surface area contributed by atoms with Gasteiger partial charge in [0.1, 0.15) is 11.6 Å². The number of H-pyrrole nitrogens is 1. The molecule has 4 rings (SSSR count). The number of nitrogens with one attached hydrogen (secondary N) is 2. The third kappa shape index (κ3) is 5.37. The lowest BCUT2D eigenvalue weighted by Crippen LogP contribution is -2.48. The molecule has 0 radical (unpaired) electrons. The standard InChI is InChI=1S/C26H33N5O2/c1-27-25(31(2)18-24-28-17-23(30-24)20-7-5-4-6-8-20)29-19-26(13-15-33-16-14-26)21-9-11-22(32-3)12-10-21/h4-12,17H,13-16,18-19H2,1-3H3,(H,27,29)(H,28,30). The summed E-state index contributed by atoms with van der Waals surface area (Å²) in [6.07, 6.45) is 3.81. The van der Waals surface area contributed by atoms with Crippen molar-refractivity contribution in [2.45, 2.75) is 24.8 Å². The van der Waals surface area contributed by atoms with Crippen LogP contribution in [0.3, 0.4) is 0 Å². The van der Waals surface area contributed by atoms with Crippen molar-refractivity contribution in [3.63, 3.8) is 0 Å². The van der Waals surface area contributed by atoms with Crippen LogP contribution < -0.4 is 10.1 Å². The van der Waals surface area contributed by atoms with Crippen LogP contribution in [0.15, 0.2) is 65.8 Å². The predicted molar refractivity (Wildman–Crippen MR) is 132 cm³/mol. The van der Waals surface area contributed by atoms with Gasteiger partial charge in [-0.2, -0.15) is 0 Å². The molecule has 7 heteroatoms. The molecular weight excluding hydrogens is 414 g/mol. The highest BCUT2D eigenvalue weighted by Gasteiger charge is 2.35. The maximum absolute atomic E-state index is 5.68. The van der Waals surface area contributed by atoms with Crippen LogP contribution in [0.4, 0.5) is 0 Å². The summed E-state index contributed by atoms with van der Waals surface area (Å²) in [5.41, 5.74) is 3.44. The zero-order chi connectivity index (χ0) is 23.1. The average Bonchev–Trinajstić information content (AvgIpc) is 3.34. The molecule has 0 unspecified atom stereocenters. The summed E-state index contributed by atoms with van der Waals surface area (Å²) < 4.78 is 11.0. The molecule has 0 aliphatic carbocycles. The van der Waals surface area contributed by atoms with Crippen molar-refractivity contribution in [2.75, 3.05) is 41.0 Å². The highest BCUT2D eigenvalue weighted by atomic mass is 16.5. The summed E-state index contributed by atoms with van der Waals surface area (Å²) in [5.74, 6) is 2.61. The number of nitrogens with zero attached hydrogens (tertiary/aromatic N) is 3. The molecule has 3 aromatic rings. The van der Waals surface area contributed by atoms with E-state index >= 15 is 0 Å². The Morgan fingerprint density at radius 2 is 1.88 bits per heavy atom. The number of aromatic amines is 1. The fraction of sp³-hybridized carbons (Fsp3) is 0.385. The van der Waals surface area contributed by atoms with Crippen LogP contribution >= 0.6 is 0 Å². The molecule has 0 spiro atoms. The minimum Gasteiger partial charge on any atom is -0.497 e. The number of imidazole rings is 1. The molecule has 0 bridgehead atoms. The minimum atomic E-state index is -0.00748. The molecule has 1 saturated heterocycles. The summed E-state index contributed by atoms with van der Waals surface area (Å²) in [4.78, 5) is 14.6. The molecule has 1 aromatic heterocycles. The van der Waals surface area contributed by atoms with Crippen LogP contribution in [-0.2, 0) is 16.7 Å². The molecular formula is C26H33N5O2. The van der Waals surface area contributed by atoms with E-state index in [1.807, 2.05) is 50.6 Å². The molecule has 0 atom stereocenters. The first-order valence-corrected chi connectivity index (χ1v) is 11.4. The highest BCUT2D eigenvalue weighted by molar-refractivity contribution is 5.79. The van der Waals surface area contributed by atoms with E-state index in [-0.39, 0.29) is 5.41 Å². The number of hydrogen-bond acceptors (Lipinski definition) is 4. The van der Waals surface area contributed by atoms with Gasteiger partial charge in [0.15, 0.2) is 5.96 Å². The Kier molecular flexibility index (Phi) is 7.29. The Hall–Kier alpha value is -3.32. The number of aromatic nitrogens is 2. The quantitative estimate of drug-likeness (QED) is 0.425. The minimum absolute atomic E-state index is 0.00748. The smallest absolute Gasteiger partial charge is 0.193 e. The summed E-state index contributed by atoms with van der Waals surface area (Å²) in [6.45, 7) is 2.94. The van der Waals surface area contributed by atoms with E-state index in [1.54, 1.807) is 7.11 Å². The second-order valence-corrected chi connectivity index (χ2v) is 8.49. The van der Waals surface area contributed by atoms with Crippen molar-refractivity contribution < 1.29 is 9.47 Å². The Balaban J connectivity index is 1.43. The lowest BCUT2D eigenvalue weighted by molar-refractivity contribution is 0.0512. The van der Waals surface area contributed by atoms with E-state index in [4.69, 9.17) is 9.47 Å². The van der Waals surface area contributed by atoms with E-state index in [0.29, 0.717) is 6.54 Å². The maximum atomic E-state index is 5.68. The zero-order valence-corrected chi connectivity index (χ0v) is 19.7. The van der Waals surface area contributed by atoms with Crippen LogP contribution in [0.2, 0.25) is 0 Å². The van der Waals surface area contributed by atoms with E-state index in [1.165, 1.54) is 5.56 Å². The lowest BCUT2D eigenvalue weighted by Gasteiger charge is -2.39. The van der Waals surface area contributed by atoms with Crippen LogP contribution in [0.1, 0.15) is 24.2 Å². The number of aliphatic imine (C=N–C) groups is 1. The molecule has 7 nitrogen and oxygen atoms in total. The number of guanidine groups is 1. The second kappa shape index (κ2) is 10.5. The van der Waals surface area contributed by atoms with E-state index in [0.717, 1.165) is 61.4 Å². The van der Waals surface area contributed by atoms with Crippen molar-refractivity contribution in [1.82, 2.24) is 20.2 Å². The van der Waals surface area contributed by atoms with Gasteiger partial charge in [-0.1, -0.05) is 42.5 Å². The monoisotopic (exact) mass is 447 g/mol. The summed E-state index contributed by atoms with van der Waals surface area (Å²) >= 11 is 0. The fourth-order valence-electron chi connectivity index (χ4n) is 4.41. The summed E-state index contributed by atoms with van der Waals surface area (Å²) in [5, 5.41) is 3.61. The zero-order valence-electron chi connectivity index (χ0n) is 19.7. The molecule has 2 N–H and O–H groups in total. The molecule has 0 amide bonds. The molecule has 1 aliphatic rings. The van der Waals surface area contributed by atoms with Gasteiger partial charge in [-0.3, -0.25) is 4.99 Å². The maximum Gasteiger partial charge on any atom is 0.193 e. The molecule has 33 heavy (non-hydrogen) atoms. The number of hydrogen-bond donors (Lipinski definition) is 2. The van der Waals surface area contributed by atoms with E-state index < -0.39 is 0 Å². The van der Waals surface area contributed by atoms with Gasteiger partial charge in [0.25, 0.3) is 0 Å². The molecule has 2 aromatic carbocycles. The first-order chi connectivity index (χ1) is 16.1. The Labute approximate surface area is 195 Å². The number of rotatable bonds is 7. The van der Waals surface area contributed by atoms with Gasteiger partial charge in [-0.15, -0.1) is 0 Å². The Bertz CT molecular complexity index is 1040. The number of ether oxygens (including phenoxy) is 2. The number of benzene rings is 2. The Morgan fingerprint density at radius 1 is 1.15 bits per heavy atom. The highest BCUT2D eigenvalue weighted by Crippen LogP contribution is 2.35. The Morgan fingerprint density at radius 3 is 2.55 bits per heavy atom. The average molecular weight is 448 g/mol. The van der Waals surface area contributed by atoms with Gasteiger partial charge in [-0.25, -0.2) is 4.98 Å². The van der Waals surface area contributed by atoms with Crippen molar-refractivity contribution in [3.05, 3.63) is 72.2 Å². The molecule has 1 fully saturated rings. The molecule has 0 saturated carbocycles. The normalized spacial score (nSPS) is 15.8. The van der Waals surface area contributed by atoms with Crippen molar-refractivity contribution in [2.24, 2.45) is 4.99 Å². The van der Waals surface area contributed by atoms with Gasteiger partial charge in [0, 0.05) is 39.3 Å². The van der Waals surface area contributed by atoms with E-state index in [2.05, 4.69) is 49.4 Å². The summed E-state index contributed by atoms with van der Waals surface area (Å²) in [7, 11) is 5.55. The van der Waals surface area contributed by atoms with Gasteiger partial charge in [0.05, 0.1) is 25.5 Å². The first kappa shape index (κ1) is 22.9. The second-order valence-electron chi connectivity index (χ2n) is 8.49. The summed E-state index contributed by atoms with van der Waals surface area (Å²) in [6, 6.07) is 18.6. The lowest BCUT2D eigenvalue weighted by atomic mass is 9.74. The van der Waals surface area contributed by atoms with Gasteiger partial charge in [0.2, 0.25) is 0 Å². The van der Waals surface area contributed by atoms with E-state index in [9.17, 15) is 0 Å². The van der Waals surface area contributed by atoms with Crippen LogP contribution in [0.25, 0.3) is 11.3 Å². The molecule has 2 heterocycles. The third-order valence-electron chi connectivity index (χ3n) is 6.41. The molecule has 1 aliphatic heterocycles. The van der Waals surface area contributed by atoms with Gasteiger partial charge < -0.3 is 24.7 Å². The number of methoxy groups -OCH3 is 1. The fourth-order valence-corrected chi connectivity index (χ4v) is 4.41. The van der Waals surface area contributed by atoms with Crippen LogP contribution in [-0.4, -0.2) is 61.8 Å². The van der Waals surface area contributed by atoms with Gasteiger partial charge >= 0.3 is 0 Å². The van der Waals surface area contributed by atoms with Crippen molar-refractivity contribution >= 4 is 5.96 Å². The van der Waals surface area contributed by atoms with Crippen molar-refractivity contribution in [3.8, 4) is 17.0 Å². The largest absolute Gasteiger partial charge is 0.497 e. The molecule has 174 valence electrons. The first-order valence-electron chi connectivity index (χ1n) is 11.4. The SMILES string of the molecule is CN=C(NCC1(c2ccc(OC)cc2)CCOCC1)N(C)Cc1ncc(-c2ccccc2)[nH]1. The van der Waals surface area contributed by atoms with Crippen LogP contribution in [0.5, 0.6) is 5.75 Å². The predicted octanol–water partition coefficient (Wildman–Crippen LogP) is 3.84.